The van der Waals surface area contributed by atoms with Crippen molar-refractivity contribution in [2.24, 2.45) is 27.9 Å². The smallest absolute Gasteiger partial charge is 0.181 e. The lowest BCUT2D eigenvalue weighted by atomic mass is 9.40. The van der Waals surface area contributed by atoms with E-state index in [9.17, 15) is 0 Å². The molecule has 4 aliphatic rings. The molecule has 0 radical (unpaired) electrons. The Hall–Kier alpha value is -0.830. The molecule has 4 aliphatic carbocycles. The summed E-state index contributed by atoms with van der Waals surface area (Å²) in [6.45, 7) is 5.54. The summed E-state index contributed by atoms with van der Waals surface area (Å²) in [5.74, 6) is 1.99. The van der Waals surface area contributed by atoms with E-state index >= 15 is 0 Å². The van der Waals surface area contributed by atoms with Crippen LogP contribution in [0, 0.1) is 22.2 Å². The predicted octanol–water partition coefficient (Wildman–Crippen LogP) is 3.67. The largest absolute Gasteiger partial charge is 0.448 e. The Labute approximate surface area is 121 Å². The fourth-order valence-corrected chi connectivity index (χ4v) is 6.83. The highest BCUT2D eigenvalue weighted by molar-refractivity contribution is 5.16. The van der Waals surface area contributed by atoms with E-state index in [-0.39, 0.29) is 0 Å². The highest BCUT2D eigenvalue weighted by Crippen LogP contribution is 2.70. The van der Waals surface area contributed by atoms with E-state index in [0.29, 0.717) is 22.8 Å². The van der Waals surface area contributed by atoms with E-state index in [0.717, 1.165) is 23.8 Å². The lowest BCUT2D eigenvalue weighted by Gasteiger charge is -2.65. The van der Waals surface area contributed by atoms with Gasteiger partial charge in [0.25, 0.3) is 0 Å². The van der Waals surface area contributed by atoms with Gasteiger partial charge in [-0.1, -0.05) is 13.8 Å². The minimum absolute atomic E-state index is 0.451. The molecule has 2 unspecified atom stereocenters. The number of rotatable bonds is 3. The van der Waals surface area contributed by atoms with E-state index in [1.807, 2.05) is 0 Å². The van der Waals surface area contributed by atoms with Gasteiger partial charge in [-0.2, -0.15) is 0 Å². The van der Waals surface area contributed by atoms with Crippen molar-refractivity contribution in [1.29, 1.82) is 0 Å². The normalized spacial score (nSPS) is 46.0. The molecule has 1 aromatic rings. The van der Waals surface area contributed by atoms with Gasteiger partial charge in [0, 0.05) is 13.0 Å². The van der Waals surface area contributed by atoms with Crippen LogP contribution >= 0.6 is 0 Å². The Morgan fingerprint density at radius 3 is 2.50 bits per heavy atom. The Kier molecular flexibility index (Phi) is 2.50. The van der Waals surface area contributed by atoms with Gasteiger partial charge in [0.2, 0.25) is 0 Å². The van der Waals surface area contributed by atoms with Crippen molar-refractivity contribution in [1.82, 2.24) is 4.98 Å². The molecule has 1 aromatic heterocycles. The number of hydrogen-bond donors (Lipinski definition) is 1. The number of nitrogens with two attached hydrogens (primary N) is 1. The molecule has 2 atom stereocenters. The summed E-state index contributed by atoms with van der Waals surface area (Å²) in [5, 5.41) is 0. The molecule has 0 aromatic carbocycles. The van der Waals surface area contributed by atoms with Crippen LogP contribution in [0.4, 0.5) is 0 Å². The standard InChI is InChI=1S/C17H26N2O/c1-15-3-12-4-16(2,8-15)10-17(5-12,9-15)6-14-13(7-18)19-11-20-14/h11-12H,3-10,18H2,1-2H3. The van der Waals surface area contributed by atoms with Gasteiger partial charge in [-0.25, -0.2) is 4.98 Å². The average molecular weight is 274 g/mol. The molecule has 0 saturated heterocycles. The maximum atomic E-state index is 5.79. The van der Waals surface area contributed by atoms with Gasteiger partial charge >= 0.3 is 0 Å². The molecule has 4 saturated carbocycles. The summed E-state index contributed by atoms with van der Waals surface area (Å²) in [4.78, 5) is 4.28. The third-order valence-electron chi connectivity index (χ3n) is 6.20. The monoisotopic (exact) mass is 274 g/mol. The first-order valence-corrected chi connectivity index (χ1v) is 8.05. The Morgan fingerprint density at radius 2 is 1.90 bits per heavy atom. The third-order valence-corrected chi connectivity index (χ3v) is 6.20. The zero-order valence-electron chi connectivity index (χ0n) is 12.7. The fourth-order valence-electron chi connectivity index (χ4n) is 6.83. The molecular formula is C17H26N2O. The van der Waals surface area contributed by atoms with Gasteiger partial charge in [0.15, 0.2) is 6.39 Å². The van der Waals surface area contributed by atoms with Crippen LogP contribution in [0.15, 0.2) is 10.8 Å². The molecule has 1 heterocycles. The van der Waals surface area contributed by atoms with E-state index in [4.69, 9.17) is 10.2 Å². The second kappa shape index (κ2) is 3.88. The van der Waals surface area contributed by atoms with Crippen molar-refractivity contribution in [2.75, 3.05) is 0 Å². The lowest BCUT2D eigenvalue weighted by molar-refractivity contribution is -0.145. The van der Waals surface area contributed by atoms with Gasteiger partial charge in [-0.05, 0) is 60.7 Å². The SMILES string of the molecule is CC12CC3CC(C)(C1)CC(Cc1ocnc1CN)(C3)C2. The average Bonchev–Trinajstić information content (AvgIpc) is 2.70. The summed E-state index contributed by atoms with van der Waals surface area (Å²) in [5.41, 5.74) is 8.34. The van der Waals surface area contributed by atoms with Crippen LogP contribution < -0.4 is 5.73 Å². The predicted molar refractivity (Wildman–Crippen MR) is 77.9 cm³/mol. The van der Waals surface area contributed by atoms with Gasteiger partial charge in [0.1, 0.15) is 5.76 Å². The van der Waals surface area contributed by atoms with Crippen molar-refractivity contribution in [3.63, 3.8) is 0 Å². The first kappa shape index (κ1) is 12.9. The molecule has 4 bridgehead atoms. The Bertz CT molecular complexity index is 517. The topological polar surface area (TPSA) is 52.0 Å². The van der Waals surface area contributed by atoms with Crippen molar-refractivity contribution in [3.8, 4) is 0 Å². The quantitative estimate of drug-likeness (QED) is 0.915. The molecule has 110 valence electrons. The fraction of sp³-hybridized carbons (Fsp3) is 0.824. The lowest BCUT2D eigenvalue weighted by Crippen LogP contribution is -2.55. The molecule has 2 N–H and O–H groups in total. The van der Waals surface area contributed by atoms with Crippen LogP contribution in [0.2, 0.25) is 0 Å². The van der Waals surface area contributed by atoms with Crippen molar-refractivity contribution in [2.45, 2.75) is 65.3 Å². The molecule has 0 spiro atoms. The molecule has 20 heavy (non-hydrogen) atoms. The zero-order valence-corrected chi connectivity index (χ0v) is 12.7. The maximum Gasteiger partial charge on any atom is 0.181 e. The first-order valence-electron chi connectivity index (χ1n) is 8.05. The van der Waals surface area contributed by atoms with Gasteiger partial charge < -0.3 is 10.2 Å². The van der Waals surface area contributed by atoms with E-state index in [2.05, 4.69) is 18.8 Å². The van der Waals surface area contributed by atoms with Crippen LogP contribution in [-0.4, -0.2) is 4.98 Å². The third kappa shape index (κ3) is 1.86. The molecule has 3 heteroatoms. The molecule has 3 nitrogen and oxygen atoms in total. The van der Waals surface area contributed by atoms with Crippen LogP contribution in [-0.2, 0) is 13.0 Å². The van der Waals surface area contributed by atoms with Crippen LogP contribution in [0.25, 0.3) is 0 Å². The molecule has 5 rings (SSSR count). The van der Waals surface area contributed by atoms with Crippen molar-refractivity contribution < 1.29 is 4.42 Å². The Morgan fingerprint density at radius 1 is 1.20 bits per heavy atom. The molecule has 4 fully saturated rings. The van der Waals surface area contributed by atoms with Crippen molar-refractivity contribution in [3.05, 3.63) is 17.8 Å². The van der Waals surface area contributed by atoms with Crippen molar-refractivity contribution >= 4 is 0 Å². The number of hydrogen-bond acceptors (Lipinski definition) is 3. The van der Waals surface area contributed by atoms with Gasteiger partial charge in [0.05, 0.1) is 5.69 Å². The summed E-state index contributed by atoms with van der Waals surface area (Å²) in [6, 6.07) is 0. The maximum absolute atomic E-state index is 5.79. The summed E-state index contributed by atoms with van der Waals surface area (Å²) in [6.07, 6.45) is 11.1. The highest BCUT2D eigenvalue weighted by atomic mass is 16.3. The number of oxazole rings is 1. The second-order valence-electron chi connectivity index (χ2n) is 8.73. The van der Waals surface area contributed by atoms with E-state index < -0.39 is 0 Å². The Balaban J connectivity index is 1.67. The van der Waals surface area contributed by atoms with Gasteiger partial charge in [-0.3, -0.25) is 0 Å². The summed E-state index contributed by atoms with van der Waals surface area (Å²) < 4.78 is 5.67. The number of aromatic nitrogens is 1. The minimum atomic E-state index is 0.451. The number of nitrogens with zero attached hydrogens (tertiary/aromatic N) is 1. The first-order chi connectivity index (χ1) is 9.43. The van der Waals surface area contributed by atoms with Crippen LogP contribution in [0.3, 0.4) is 0 Å². The summed E-state index contributed by atoms with van der Waals surface area (Å²) in [7, 11) is 0. The zero-order chi connectivity index (χ0) is 14.0. The van der Waals surface area contributed by atoms with Gasteiger partial charge in [-0.15, -0.1) is 0 Å². The molecule has 0 amide bonds. The van der Waals surface area contributed by atoms with Crippen LogP contribution in [0.5, 0.6) is 0 Å². The van der Waals surface area contributed by atoms with E-state index in [1.165, 1.54) is 38.5 Å². The van der Waals surface area contributed by atoms with Crippen LogP contribution in [0.1, 0.15) is 63.8 Å². The second-order valence-corrected chi connectivity index (χ2v) is 8.73. The summed E-state index contributed by atoms with van der Waals surface area (Å²) >= 11 is 0. The molecule has 0 aliphatic heterocycles. The highest BCUT2D eigenvalue weighted by Gasteiger charge is 2.60. The molecular weight excluding hydrogens is 248 g/mol. The van der Waals surface area contributed by atoms with E-state index in [1.54, 1.807) is 6.39 Å². The minimum Gasteiger partial charge on any atom is -0.448 e.